The topological polar surface area (TPSA) is 102 Å². The number of nitrogens with one attached hydrogen (secondary N) is 1. The first-order chi connectivity index (χ1) is 12.7. The maximum absolute atomic E-state index is 12.5. The third kappa shape index (κ3) is 4.44. The predicted molar refractivity (Wildman–Crippen MR) is 100 cm³/mol. The Hall–Kier alpha value is -3.35. The molecule has 0 fully saturated rings. The molecule has 0 aliphatic carbocycles. The van der Waals surface area contributed by atoms with Crippen LogP contribution >= 0.6 is 0 Å². The first-order valence-corrected chi connectivity index (χ1v) is 8.39. The Morgan fingerprint density at radius 1 is 1.19 bits per heavy atom. The van der Waals surface area contributed by atoms with Gasteiger partial charge in [0.1, 0.15) is 11.3 Å². The Kier molecular flexibility index (Phi) is 4.85. The van der Waals surface area contributed by atoms with Crippen molar-refractivity contribution in [1.29, 1.82) is 0 Å². The van der Waals surface area contributed by atoms with Crippen molar-refractivity contribution in [2.24, 2.45) is 0 Å². The highest BCUT2D eigenvalue weighted by atomic mass is 16.5. The molecule has 0 aliphatic rings. The van der Waals surface area contributed by atoms with Crippen molar-refractivity contribution in [3.05, 3.63) is 53.9 Å². The van der Waals surface area contributed by atoms with Gasteiger partial charge in [0.2, 0.25) is 5.89 Å². The number of aromatic nitrogens is 1. The zero-order valence-electron chi connectivity index (χ0n) is 15.3. The maximum atomic E-state index is 12.5. The third-order valence-electron chi connectivity index (χ3n) is 3.75. The Balaban J connectivity index is 1.77. The van der Waals surface area contributed by atoms with Crippen molar-refractivity contribution in [2.75, 3.05) is 11.9 Å². The van der Waals surface area contributed by atoms with Gasteiger partial charge in [-0.1, -0.05) is 26.8 Å². The number of amides is 1. The van der Waals surface area contributed by atoms with Crippen LogP contribution in [0.15, 0.2) is 46.9 Å². The number of benzene rings is 2. The van der Waals surface area contributed by atoms with Crippen LogP contribution in [0.4, 0.5) is 5.69 Å². The predicted octanol–water partition coefficient (Wildman–Crippen LogP) is 3.84. The smallest absolute Gasteiger partial charge is 0.341 e. The monoisotopic (exact) mass is 368 g/mol. The van der Waals surface area contributed by atoms with Gasteiger partial charge >= 0.3 is 5.97 Å². The van der Waals surface area contributed by atoms with Crippen LogP contribution in [0.2, 0.25) is 0 Å². The molecule has 0 atom stereocenters. The number of aliphatic carboxylic acids is 1. The van der Waals surface area contributed by atoms with Crippen LogP contribution in [0, 0.1) is 0 Å². The molecule has 0 radical (unpaired) electrons. The Morgan fingerprint density at radius 3 is 2.67 bits per heavy atom. The standard InChI is InChI=1S/C20H20N2O5/c1-20(2,3)19-22-15-10-13(7-8-16(15)27-19)21-18(25)12-5-4-6-14(9-12)26-11-17(23)24/h4-10H,11H2,1-3H3,(H,21,25)(H,23,24). The number of carbonyl (C=O) groups excluding carboxylic acids is 1. The molecular formula is C20H20N2O5. The van der Waals surface area contributed by atoms with Crippen LogP contribution in [0.3, 0.4) is 0 Å². The molecule has 0 unspecified atom stereocenters. The summed E-state index contributed by atoms with van der Waals surface area (Å²) in [6.07, 6.45) is 0. The minimum Gasteiger partial charge on any atom is -0.482 e. The zero-order chi connectivity index (χ0) is 19.6. The van der Waals surface area contributed by atoms with Gasteiger partial charge in [0.25, 0.3) is 5.91 Å². The highest BCUT2D eigenvalue weighted by Crippen LogP contribution is 2.27. The minimum atomic E-state index is -1.08. The maximum Gasteiger partial charge on any atom is 0.341 e. The molecule has 3 rings (SSSR count). The summed E-state index contributed by atoms with van der Waals surface area (Å²) in [5, 5.41) is 11.5. The molecule has 0 saturated heterocycles. The summed E-state index contributed by atoms with van der Waals surface area (Å²) >= 11 is 0. The van der Waals surface area contributed by atoms with E-state index in [1.807, 2.05) is 20.8 Å². The molecule has 0 aliphatic heterocycles. The molecule has 1 amide bonds. The van der Waals surface area contributed by atoms with Crippen molar-refractivity contribution >= 4 is 28.7 Å². The van der Waals surface area contributed by atoms with E-state index in [0.717, 1.165) is 0 Å². The molecule has 3 aromatic rings. The van der Waals surface area contributed by atoms with Crippen LogP contribution in [0.1, 0.15) is 37.0 Å². The minimum absolute atomic E-state index is 0.210. The zero-order valence-corrected chi connectivity index (χ0v) is 15.3. The summed E-state index contributed by atoms with van der Waals surface area (Å²) < 4.78 is 10.8. The van der Waals surface area contributed by atoms with Crippen molar-refractivity contribution in [2.45, 2.75) is 26.2 Å². The largest absolute Gasteiger partial charge is 0.482 e. The van der Waals surface area contributed by atoms with Gasteiger partial charge in [-0.2, -0.15) is 0 Å². The average Bonchev–Trinajstić information content (AvgIpc) is 3.04. The fraction of sp³-hybridized carbons (Fsp3) is 0.250. The number of hydrogen-bond acceptors (Lipinski definition) is 5. The fourth-order valence-corrected chi connectivity index (χ4v) is 2.40. The van der Waals surface area contributed by atoms with Crippen LogP contribution in [0.5, 0.6) is 5.75 Å². The van der Waals surface area contributed by atoms with E-state index in [4.69, 9.17) is 14.3 Å². The fourth-order valence-electron chi connectivity index (χ4n) is 2.40. The molecular weight excluding hydrogens is 348 g/mol. The highest BCUT2D eigenvalue weighted by Gasteiger charge is 2.21. The first-order valence-electron chi connectivity index (χ1n) is 8.39. The molecule has 0 saturated carbocycles. The van der Waals surface area contributed by atoms with Gasteiger partial charge in [0.05, 0.1) is 0 Å². The second-order valence-corrected chi connectivity index (χ2v) is 7.12. The van der Waals surface area contributed by atoms with E-state index in [-0.39, 0.29) is 11.3 Å². The number of nitrogens with zero attached hydrogens (tertiary/aromatic N) is 1. The summed E-state index contributed by atoms with van der Waals surface area (Å²) in [6.45, 7) is 5.57. The lowest BCUT2D eigenvalue weighted by Crippen LogP contribution is -2.13. The molecule has 2 N–H and O–H groups in total. The van der Waals surface area contributed by atoms with Crippen LogP contribution in [0.25, 0.3) is 11.1 Å². The number of carboxylic acids is 1. The molecule has 140 valence electrons. The number of ether oxygens (including phenoxy) is 1. The number of carbonyl (C=O) groups is 2. The van der Waals surface area contributed by atoms with Crippen LogP contribution in [-0.4, -0.2) is 28.6 Å². The molecule has 1 aromatic heterocycles. The molecule has 7 heteroatoms. The van der Waals surface area contributed by atoms with Gasteiger partial charge in [-0.05, 0) is 36.4 Å². The molecule has 1 heterocycles. The van der Waals surface area contributed by atoms with E-state index >= 15 is 0 Å². The van der Waals surface area contributed by atoms with E-state index in [1.165, 1.54) is 6.07 Å². The second kappa shape index (κ2) is 7.11. The number of hydrogen-bond donors (Lipinski definition) is 2. The molecule has 0 bridgehead atoms. The van der Waals surface area contributed by atoms with Gasteiger partial charge < -0.3 is 19.6 Å². The number of oxazole rings is 1. The quantitative estimate of drug-likeness (QED) is 0.709. The van der Waals surface area contributed by atoms with Crippen molar-refractivity contribution in [3.63, 3.8) is 0 Å². The van der Waals surface area contributed by atoms with Crippen molar-refractivity contribution in [1.82, 2.24) is 4.98 Å². The summed E-state index contributed by atoms with van der Waals surface area (Å²) in [6, 6.07) is 11.6. The molecule has 2 aromatic carbocycles. The van der Waals surface area contributed by atoms with Gasteiger partial charge in [-0.15, -0.1) is 0 Å². The van der Waals surface area contributed by atoms with Crippen LogP contribution < -0.4 is 10.1 Å². The SMILES string of the molecule is CC(C)(C)c1nc2cc(NC(=O)c3cccc(OCC(=O)O)c3)ccc2o1. The normalized spacial score (nSPS) is 11.4. The second-order valence-electron chi connectivity index (χ2n) is 7.12. The molecule has 7 nitrogen and oxygen atoms in total. The molecule has 27 heavy (non-hydrogen) atoms. The lowest BCUT2D eigenvalue weighted by atomic mass is 9.97. The third-order valence-corrected chi connectivity index (χ3v) is 3.75. The lowest BCUT2D eigenvalue weighted by molar-refractivity contribution is -0.139. The highest BCUT2D eigenvalue weighted by molar-refractivity contribution is 6.05. The van der Waals surface area contributed by atoms with Gasteiger partial charge in [-0.3, -0.25) is 4.79 Å². The van der Waals surface area contributed by atoms with Crippen LogP contribution in [-0.2, 0) is 10.2 Å². The summed E-state index contributed by atoms with van der Waals surface area (Å²) in [7, 11) is 0. The lowest BCUT2D eigenvalue weighted by Gasteiger charge is -2.11. The number of carboxylic acid groups (broad SMARTS) is 1. The first kappa shape index (κ1) is 18.4. The Morgan fingerprint density at radius 2 is 1.96 bits per heavy atom. The Labute approximate surface area is 156 Å². The van der Waals surface area contributed by atoms with Gasteiger partial charge in [0, 0.05) is 16.7 Å². The van der Waals surface area contributed by atoms with E-state index < -0.39 is 12.6 Å². The summed E-state index contributed by atoms with van der Waals surface area (Å²) in [5.41, 5.74) is 2.05. The number of rotatable bonds is 5. The van der Waals surface area contributed by atoms with E-state index in [0.29, 0.717) is 34.0 Å². The summed E-state index contributed by atoms with van der Waals surface area (Å²) in [5.74, 6) is -0.480. The van der Waals surface area contributed by atoms with E-state index in [2.05, 4.69) is 10.3 Å². The Bertz CT molecular complexity index is 1000. The average molecular weight is 368 g/mol. The van der Waals surface area contributed by atoms with Crippen molar-refractivity contribution in [3.8, 4) is 5.75 Å². The van der Waals surface area contributed by atoms with Gasteiger partial charge in [0.15, 0.2) is 12.2 Å². The van der Waals surface area contributed by atoms with E-state index in [1.54, 1.807) is 36.4 Å². The van der Waals surface area contributed by atoms with Crippen molar-refractivity contribution < 1.29 is 23.8 Å². The van der Waals surface area contributed by atoms with Gasteiger partial charge in [-0.25, -0.2) is 9.78 Å². The van der Waals surface area contributed by atoms with E-state index in [9.17, 15) is 9.59 Å². The molecule has 0 spiro atoms. The number of anilines is 1. The summed E-state index contributed by atoms with van der Waals surface area (Å²) in [4.78, 5) is 27.5. The number of fused-ring (bicyclic) bond motifs is 1.